The van der Waals surface area contributed by atoms with E-state index in [0.29, 0.717) is 15.9 Å². The minimum atomic E-state index is -0.0511. The highest BCUT2D eigenvalue weighted by atomic mass is 32.2. The quantitative estimate of drug-likeness (QED) is 0.604. The van der Waals surface area contributed by atoms with Gasteiger partial charge < -0.3 is 10.2 Å². The van der Waals surface area contributed by atoms with Gasteiger partial charge in [0, 0.05) is 0 Å². The van der Waals surface area contributed by atoms with Gasteiger partial charge in [-0.05, 0) is 23.9 Å². The normalized spacial score (nSPS) is 10.1. The van der Waals surface area contributed by atoms with E-state index < -0.39 is 0 Å². The zero-order chi connectivity index (χ0) is 10.7. The van der Waals surface area contributed by atoms with Gasteiger partial charge in [-0.2, -0.15) is 0 Å². The molecule has 2 heterocycles. The van der Waals surface area contributed by atoms with E-state index in [0.717, 1.165) is 0 Å². The van der Waals surface area contributed by atoms with Crippen LogP contribution < -0.4 is 5.73 Å². The molecule has 0 spiro atoms. The fourth-order valence-corrected chi connectivity index (χ4v) is 1.66. The minimum Gasteiger partial charge on any atom is -0.440 e. The van der Waals surface area contributed by atoms with E-state index in [1.165, 1.54) is 18.0 Å². The molecule has 0 aliphatic heterocycles. The Balaban J connectivity index is 2.22. The number of amidine groups is 1. The Labute approximate surface area is 90.2 Å². The van der Waals surface area contributed by atoms with E-state index >= 15 is 0 Å². The van der Waals surface area contributed by atoms with Crippen LogP contribution in [0, 0.1) is 5.41 Å². The summed E-state index contributed by atoms with van der Waals surface area (Å²) in [6.45, 7) is 0. The number of nitrogen functional groups attached to an aromatic ring is 1. The van der Waals surface area contributed by atoms with Crippen molar-refractivity contribution in [2.75, 3.05) is 0 Å². The third-order valence-corrected chi connectivity index (χ3v) is 2.41. The summed E-state index contributed by atoms with van der Waals surface area (Å²) in [5, 5.41) is 8.46. The van der Waals surface area contributed by atoms with Crippen molar-refractivity contribution in [3.63, 3.8) is 0 Å². The Morgan fingerprint density at radius 1 is 1.47 bits per heavy atom. The van der Waals surface area contributed by atoms with Gasteiger partial charge >= 0.3 is 0 Å². The lowest BCUT2D eigenvalue weighted by molar-refractivity contribution is 0.454. The van der Waals surface area contributed by atoms with E-state index in [2.05, 4.69) is 9.97 Å². The summed E-state index contributed by atoms with van der Waals surface area (Å²) in [5.41, 5.74) is 5.78. The summed E-state index contributed by atoms with van der Waals surface area (Å²) < 4.78 is 5.06. The minimum absolute atomic E-state index is 0.0511. The number of pyridine rings is 1. The van der Waals surface area contributed by atoms with Crippen LogP contribution in [0.3, 0.4) is 0 Å². The monoisotopic (exact) mass is 220 g/mol. The third-order valence-electron chi connectivity index (χ3n) is 1.60. The molecule has 0 aromatic carbocycles. The molecule has 0 unspecified atom stereocenters. The van der Waals surface area contributed by atoms with Crippen LogP contribution in [0.5, 0.6) is 0 Å². The lowest BCUT2D eigenvalue weighted by Crippen LogP contribution is -2.12. The summed E-state index contributed by atoms with van der Waals surface area (Å²) in [6.07, 6.45) is 3.06. The van der Waals surface area contributed by atoms with Crippen molar-refractivity contribution in [1.82, 2.24) is 9.97 Å². The van der Waals surface area contributed by atoms with Gasteiger partial charge in [-0.15, -0.1) is 0 Å². The van der Waals surface area contributed by atoms with Crippen molar-refractivity contribution in [3.8, 4) is 0 Å². The van der Waals surface area contributed by atoms with Crippen LogP contribution in [0.1, 0.15) is 5.69 Å². The predicted octanol–water partition coefficient (Wildman–Crippen LogP) is 1.50. The number of hydrogen-bond acceptors (Lipinski definition) is 5. The first kappa shape index (κ1) is 9.72. The number of nitrogens with one attached hydrogen (secondary N) is 1. The maximum absolute atomic E-state index is 7.25. The van der Waals surface area contributed by atoms with Gasteiger partial charge in [0.25, 0.3) is 5.22 Å². The highest BCUT2D eigenvalue weighted by Crippen LogP contribution is 2.23. The first-order valence-electron chi connectivity index (χ1n) is 4.14. The smallest absolute Gasteiger partial charge is 0.261 e. The highest BCUT2D eigenvalue weighted by molar-refractivity contribution is 7.99. The molecule has 0 saturated heterocycles. The van der Waals surface area contributed by atoms with Gasteiger partial charge in [0.15, 0.2) is 0 Å². The molecular formula is C9H8N4OS. The van der Waals surface area contributed by atoms with Crippen LogP contribution in [-0.4, -0.2) is 15.8 Å². The Hall–Kier alpha value is -1.82. The van der Waals surface area contributed by atoms with Crippen LogP contribution in [0.15, 0.2) is 45.3 Å². The van der Waals surface area contributed by atoms with Crippen LogP contribution >= 0.6 is 11.8 Å². The number of nitrogens with two attached hydrogens (primary N) is 1. The first-order valence-corrected chi connectivity index (χ1v) is 4.96. The molecular weight excluding hydrogens is 212 g/mol. The molecule has 3 N–H and O–H groups in total. The molecule has 0 aliphatic carbocycles. The summed E-state index contributed by atoms with van der Waals surface area (Å²) in [4.78, 5) is 8.12. The summed E-state index contributed by atoms with van der Waals surface area (Å²) >= 11 is 1.28. The average molecular weight is 220 g/mol. The first-order chi connectivity index (χ1) is 7.25. The molecule has 0 saturated carbocycles. The second-order valence-electron chi connectivity index (χ2n) is 2.67. The largest absolute Gasteiger partial charge is 0.440 e. The fraction of sp³-hybridized carbons (Fsp3) is 0. The van der Waals surface area contributed by atoms with Gasteiger partial charge in [0.1, 0.15) is 22.8 Å². The fourth-order valence-electron chi connectivity index (χ4n) is 0.972. The van der Waals surface area contributed by atoms with E-state index in [-0.39, 0.29) is 5.84 Å². The summed E-state index contributed by atoms with van der Waals surface area (Å²) in [5.74, 6) is -0.0511. The highest BCUT2D eigenvalue weighted by Gasteiger charge is 2.04. The molecule has 0 amide bonds. The lowest BCUT2D eigenvalue weighted by atomic mass is 10.3. The number of nitrogens with zero attached hydrogens (tertiary/aromatic N) is 2. The maximum atomic E-state index is 7.25. The molecule has 0 bridgehead atoms. The number of hydrogen-bond donors (Lipinski definition) is 2. The van der Waals surface area contributed by atoms with Crippen molar-refractivity contribution < 1.29 is 4.42 Å². The standard InChI is InChI=1S/C9H8N4OS/c10-8(11)6-2-1-3-7(13-6)15-9-12-4-5-14-9/h1-5H,(H3,10,11). The zero-order valence-electron chi connectivity index (χ0n) is 7.68. The molecule has 2 rings (SSSR count). The number of rotatable bonds is 3. The lowest BCUT2D eigenvalue weighted by Gasteiger charge is -1.99. The van der Waals surface area contributed by atoms with E-state index in [1.54, 1.807) is 24.4 Å². The van der Waals surface area contributed by atoms with Crippen LogP contribution in [0.2, 0.25) is 0 Å². The number of oxazole rings is 1. The second kappa shape index (κ2) is 4.14. The van der Waals surface area contributed by atoms with Gasteiger partial charge in [0.05, 0.1) is 6.20 Å². The summed E-state index contributed by atoms with van der Waals surface area (Å²) in [7, 11) is 0. The topological polar surface area (TPSA) is 88.8 Å². The van der Waals surface area contributed by atoms with Crippen LogP contribution in [0.4, 0.5) is 0 Å². The second-order valence-corrected chi connectivity index (χ2v) is 3.65. The Morgan fingerprint density at radius 2 is 2.33 bits per heavy atom. The SMILES string of the molecule is N=C(N)c1cccc(Sc2ncco2)n1. The maximum Gasteiger partial charge on any atom is 0.261 e. The van der Waals surface area contributed by atoms with Crippen molar-refractivity contribution >= 4 is 17.6 Å². The van der Waals surface area contributed by atoms with Crippen molar-refractivity contribution in [2.24, 2.45) is 5.73 Å². The van der Waals surface area contributed by atoms with Crippen molar-refractivity contribution in [2.45, 2.75) is 10.2 Å². The van der Waals surface area contributed by atoms with Gasteiger partial charge in [-0.1, -0.05) is 6.07 Å². The molecule has 2 aromatic heterocycles. The van der Waals surface area contributed by atoms with E-state index in [9.17, 15) is 0 Å². The predicted molar refractivity (Wildman–Crippen MR) is 55.9 cm³/mol. The molecule has 0 fully saturated rings. The Kier molecular flexibility index (Phi) is 2.68. The Morgan fingerprint density at radius 3 is 3.00 bits per heavy atom. The molecule has 2 aromatic rings. The van der Waals surface area contributed by atoms with Crippen LogP contribution in [-0.2, 0) is 0 Å². The van der Waals surface area contributed by atoms with Crippen molar-refractivity contribution in [1.29, 1.82) is 5.41 Å². The average Bonchev–Trinajstić information content (AvgIpc) is 2.71. The van der Waals surface area contributed by atoms with E-state index in [1.807, 2.05) is 0 Å². The Bertz CT molecular complexity index is 469. The van der Waals surface area contributed by atoms with E-state index in [4.69, 9.17) is 15.6 Å². The molecule has 0 aliphatic rings. The van der Waals surface area contributed by atoms with Gasteiger partial charge in [0.2, 0.25) is 0 Å². The van der Waals surface area contributed by atoms with Crippen molar-refractivity contribution in [3.05, 3.63) is 36.4 Å². The number of aromatic nitrogens is 2. The third kappa shape index (κ3) is 2.35. The molecule has 0 atom stereocenters. The molecule has 6 heteroatoms. The molecule has 5 nitrogen and oxygen atoms in total. The van der Waals surface area contributed by atoms with Crippen LogP contribution in [0.25, 0.3) is 0 Å². The van der Waals surface area contributed by atoms with Gasteiger partial charge in [-0.25, -0.2) is 9.97 Å². The summed E-state index contributed by atoms with van der Waals surface area (Å²) in [6, 6.07) is 5.28. The molecule has 76 valence electrons. The molecule has 0 radical (unpaired) electrons. The molecule has 15 heavy (non-hydrogen) atoms. The zero-order valence-corrected chi connectivity index (χ0v) is 8.49. The van der Waals surface area contributed by atoms with Gasteiger partial charge in [-0.3, -0.25) is 5.41 Å².